The lowest BCUT2D eigenvalue weighted by Crippen LogP contribution is -2.63. The van der Waals surface area contributed by atoms with Gasteiger partial charge in [0.1, 0.15) is 23.2 Å². The summed E-state index contributed by atoms with van der Waals surface area (Å²) in [5.41, 5.74) is 8.58. The number of hydrogen-bond donors (Lipinski definition) is 2. The summed E-state index contributed by atoms with van der Waals surface area (Å²) >= 11 is 1.57. The third-order valence-electron chi connectivity index (χ3n) is 12.9. The molecule has 1 saturated heterocycles. The molecular formula is C46H67N7O6S. The van der Waals surface area contributed by atoms with E-state index in [-0.39, 0.29) is 54.4 Å². The third-order valence-corrected chi connectivity index (χ3v) is 14.1. The molecule has 4 heterocycles. The van der Waals surface area contributed by atoms with Gasteiger partial charge in [0.05, 0.1) is 36.8 Å². The van der Waals surface area contributed by atoms with E-state index in [2.05, 4.69) is 86.5 Å². The van der Waals surface area contributed by atoms with Gasteiger partial charge in [-0.1, -0.05) is 46.4 Å². The molecule has 2 fully saturated rings. The Hall–Kier alpha value is -3.82. The molecule has 2 unspecified atom stereocenters. The van der Waals surface area contributed by atoms with Crippen LogP contribution in [-0.2, 0) is 41.6 Å². The van der Waals surface area contributed by atoms with Crippen LogP contribution in [0.25, 0.3) is 16.5 Å². The summed E-state index contributed by atoms with van der Waals surface area (Å²) in [4.78, 5) is 54.9. The van der Waals surface area contributed by atoms with Crippen LogP contribution in [0.4, 0.5) is 0 Å². The monoisotopic (exact) mass is 845 g/mol. The number of methoxy groups -OCH3 is 1. The maximum atomic E-state index is 14.8. The maximum absolute atomic E-state index is 14.8. The van der Waals surface area contributed by atoms with Crippen molar-refractivity contribution in [3.63, 3.8) is 0 Å². The smallest absolute Gasteiger partial charge is 0.324 e. The Kier molecular flexibility index (Phi) is 14.5. The van der Waals surface area contributed by atoms with Crippen LogP contribution in [-0.4, -0.2) is 121 Å². The fourth-order valence-electron chi connectivity index (χ4n) is 8.69. The van der Waals surface area contributed by atoms with E-state index in [0.717, 1.165) is 39.0 Å². The average Bonchev–Trinajstić information content (AvgIpc) is 3.50. The highest BCUT2D eigenvalue weighted by Gasteiger charge is 2.50. The summed E-state index contributed by atoms with van der Waals surface area (Å²) in [7, 11) is 5.65. The minimum atomic E-state index is -1.08. The van der Waals surface area contributed by atoms with Crippen LogP contribution >= 0.6 is 11.8 Å². The fraction of sp³-hybridized carbons (Fsp3) is 0.630. The number of amides is 2. The van der Waals surface area contributed by atoms with Gasteiger partial charge in [-0.05, 0) is 96.1 Å². The highest BCUT2D eigenvalue weighted by atomic mass is 32.2. The van der Waals surface area contributed by atoms with E-state index in [4.69, 9.17) is 24.2 Å². The van der Waals surface area contributed by atoms with Crippen LogP contribution in [0.5, 0.6) is 0 Å². The molecule has 1 aliphatic carbocycles. The molecule has 1 aromatic carbocycles. The third kappa shape index (κ3) is 9.47. The molecule has 6 rings (SSSR count). The SMILES string of the molecule is C=C/C(=C(\N=C/C)[C@H](C)OC)c1c2c3cc(ccc3n1CC)C1CSC(=N1)[C@@H](OCC(C)N(C)C)[C@H](NC(=O)[C@H]1[C@H](C)[C@@H]1C)C(=O)N1CCC[C@H](N1)C(=O)OCC(C)(C)C2. The second-order valence-electron chi connectivity index (χ2n) is 18.0. The Balaban J connectivity index is 1.55. The number of benzene rings is 1. The van der Waals surface area contributed by atoms with Crippen LogP contribution in [0.1, 0.15) is 91.1 Å². The number of hydrogen-bond acceptors (Lipinski definition) is 11. The van der Waals surface area contributed by atoms with Crippen molar-refractivity contribution in [2.24, 2.45) is 33.2 Å². The van der Waals surface area contributed by atoms with Crippen molar-refractivity contribution in [1.29, 1.82) is 0 Å². The van der Waals surface area contributed by atoms with Crippen molar-refractivity contribution in [1.82, 2.24) is 25.2 Å². The summed E-state index contributed by atoms with van der Waals surface area (Å²) in [6.45, 7) is 22.2. The lowest BCUT2D eigenvalue weighted by Gasteiger charge is -2.37. The van der Waals surface area contributed by atoms with Crippen molar-refractivity contribution < 1.29 is 28.6 Å². The molecule has 1 aromatic heterocycles. The molecule has 3 aliphatic heterocycles. The van der Waals surface area contributed by atoms with E-state index in [9.17, 15) is 14.4 Å². The van der Waals surface area contributed by atoms with Crippen molar-refractivity contribution in [2.45, 2.75) is 118 Å². The number of nitrogens with zero attached hydrogens (tertiary/aromatic N) is 5. The van der Waals surface area contributed by atoms with Gasteiger partial charge >= 0.3 is 5.97 Å². The number of nitrogens with one attached hydrogen (secondary N) is 2. The van der Waals surface area contributed by atoms with E-state index in [1.807, 2.05) is 34.0 Å². The Bertz CT molecular complexity index is 2030. The molecule has 0 spiro atoms. The second-order valence-corrected chi connectivity index (χ2v) is 19.0. The molecule has 0 radical (unpaired) electrons. The molecule has 2 amide bonds. The van der Waals surface area contributed by atoms with Crippen LogP contribution in [0.3, 0.4) is 0 Å². The molecule has 2 N–H and O–H groups in total. The molecule has 328 valence electrons. The van der Waals surface area contributed by atoms with Crippen molar-refractivity contribution in [2.75, 3.05) is 46.7 Å². The normalized spacial score (nSPS) is 28.6. The Morgan fingerprint density at radius 2 is 1.97 bits per heavy atom. The van der Waals surface area contributed by atoms with Crippen LogP contribution in [0, 0.1) is 23.2 Å². The van der Waals surface area contributed by atoms with Crippen molar-refractivity contribution in [3.8, 4) is 0 Å². The molecule has 1 saturated carbocycles. The number of carbonyl (C=O) groups excluding carboxylic acids is 3. The van der Waals surface area contributed by atoms with E-state index >= 15 is 0 Å². The van der Waals surface area contributed by atoms with Gasteiger partial charge in [-0.25, -0.2) is 5.43 Å². The number of aryl methyl sites for hydroxylation is 1. The highest BCUT2D eigenvalue weighted by Crippen LogP contribution is 2.46. The Morgan fingerprint density at radius 3 is 2.60 bits per heavy atom. The molecule has 4 aliphatic rings. The van der Waals surface area contributed by atoms with Gasteiger partial charge < -0.3 is 29.0 Å². The van der Waals surface area contributed by atoms with Crippen LogP contribution < -0.4 is 10.7 Å². The number of fused-ring (bicyclic) bond motifs is 5. The standard InChI is InChI=1S/C46H67N7O6S/c1-13-31(38(47-14-2)29(7)57-12)40-33-22-46(8,9)25-59-45(56)34-17-16-20-53(50-34)44(55)39(49-42(54)37-27(5)28(37)6)41(58-23-26(4)51(10)11)43-48-35(24-60-43)30-18-19-36(32(33)21-30)52(40)15-3/h13-14,18-19,21,26-29,34-35,37,39,41,50H,1,15-17,20,22-25H2,2-12H3,(H,49,54)/b38-31+,47-14-/t26?,27-,28+,29-,34-,35?,37+,39-,41-/m0/s1. The van der Waals surface area contributed by atoms with E-state index in [0.29, 0.717) is 49.8 Å². The number of esters is 1. The number of hydrazine groups is 1. The number of cyclic esters (lactones) is 1. The van der Waals surface area contributed by atoms with Gasteiger partial charge in [0, 0.05) is 66.0 Å². The number of carbonyl (C=O) groups is 3. The molecule has 9 atom stereocenters. The number of ether oxygens (including phenoxy) is 3. The molecule has 6 bridgehead atoms. The quantitative estimate of drug-likeness (QED) is 0.145. The zero-order valence-electron chi connectivity index (χ0n) is 37.5. The van der Waals surface area contributed by atoms with Crippen LogP contribution in [0.15, 0.2) is 46.5 Å². The summed E-state index contributed by atoms with van der Waals surface area (Å²) in [6, 6.07) is 4.54. The number of allylic oxidation sites excluding steroid dienone is 2. The number of rotatable bonds is 12. The first kappa shape index (κ1) is 45.7. The summed E-state index contributed by atoms with van der Waals surface area (Å²) < 4.78 is 21.0. The Labute approximate surface area is 360 Å². The predicted octanol–water partition coefficient (Wildman–Crippen LogP) is 6.21. The molecule has 14 heteroatoms. The zero-order chi connectivity index (χ0) is 43.6. The Morgan fingerprint density at radius 1 is 1.23 bits per heavy atom. The predicted molar refractivity (Wildman–Crippen MR) is 241 cm³/mol. The zero-order valence-corrected chi connectivity index (χ0v) is 38.4. The van der Waals surface area contributed by atoms with Crippen molar-refractivity contribution in [3.05, 3.63) is 53.4 Å². The van der Waals surface area contributed by atoms with Gasteiger partial charge in [-0.2, -0.15) is 0 Å². The lowest BCUT2D eigenvalue weighted by molar-refractivity contribution is -0.156. The summed E-state index contributed by atoms with van der Waals surface area (Å²) in [5.74, 6) is -0.0921. The molecular weight excluding hydrogens is 779 g/mol. The van der Waals surface area contributed by atoms with Gasteiger partial charge in [0.25, 0.3) is 5.91 Å². The molecule has 2 aromatic rings. The number of aliphatic imine (C=N–C) groups is 2. The minimum absolute atomic E-state index is 0.0230. The maximum Gasteiger partial charge on any atom is 0.324 e. The van der Waals surface area contributed by atoms with Gasteiger partial charge in [-0.3, -0.25) is 29.4 Å². The topological polar surface area (TPSA) is 139 Å². The summed E-state index contributed by atoms with van der Waals surface area (Å²) in [5, 5.41) is 6.38. The fourth-order valence-corrected chi connectivity index (χ4v) is 9.85. The highest BCUT2D eigenvalue weighted by molar-refractivity contribution is 8.14. The van der Waals surface area contributed by atoms with E-state index in [1.165, 1.54) is 5.01 Å². The molecule has 13 nitrogen and oxygen atoms in total. The first-order valence-corrected chi connectivity index (χ1v) is 22.6. The minimum Gasteiger partial charge on any atom is -0.464 e. The number of aromatic nitrogens is 1. The van der Waals surface area contributed by atoms with Gasteiger partial charge in [0.2, 0.25) is 5.91 Å². The number of likely N-dealkylation sites (N-methyl/N-ethyl adjacent to an activating group) is 1. The van der Waals surface area contributed by atoms with Gasteiger partial charge in [0.15, 0.2) is 0 Å². The lowest BCUT2D eigenvalue weighted by atomic mass is 9.84. The largest absolute Gasteiger partial charge is 0.464 e. The van der Waals surface area contributed by atoms with E-state index in [1.54, 1.807) is 25.1 Å². The molecule has 60 heavy (non-hydrogen) atoms. The van der Waals surface area contributed by atoms with Gasteiger partial charge in [-0.15, -0.1) is 11.8 Å². The average molecular weight is 846 g/mol. The second kappa shape index (κ2) is 19.1. The van der Waals surface area contributed by atoms with Crippen LogP contribution in [0.2, 0.25) is 0 Å². The summed E-state index contributed by atoms with van der Waals surface area (Å²) in [6.07, 6.45) is 4.17. The number of thioether (sulfide) groups is 1. The first-order chi connectivity index (χ1) is 28.5. The first-order valence-electron chi connectivity index (χ1n) is 21.6. The van der Waals surface area contributed by atoms with E-state index < -0.39 is 29.6 Å². The van der Waals surface area contributed by atoms with Crippen molar-refractivity contribution >= 4 is 57.3 Å².